The van der Waals surface area contributed by atoms with Crippen molar-refractivity contribution >= 4 is 32.2 Å². The molecule has 1 atom stereocenters. The first-order valence-corrected chi connectivity index (χ1v) is 12.3. The van der Waals surface area contributed by atoms with Gasteiger partial charge in [-0.2, -0.15) is 0 Å². The molecule has 170 valence electrons. The van der Waals surface area contributed by atoms with Crippen molar-refractivity contribution in [3.05, 3.63) is 60.3 Å². The summed E-state index contributed by atoms with van der Waals surface area (Å²) in [6, 6.07) is 12.8. The number of hydrogen-bond donors (Lipinski definition) is 1. The van der Waals surface area contributed by atoms with Crippen molar-refractivity contribution in [2.75, 3.05) is 24.8 Å². The number of nitrogens with zero attached hydrogens (tertiary/aromatic N) is 1. The lowest BCUT2D eigenvalue weighted by Gasteiger charge is -2.10. The molecule has 0 aliphatic carbocycles. The Bertz CT molecular complexity index is 1160. The van der Waals surface area contributed by atoms with Gasteiger partial charge in [-0.05, 0) is 49.4 Å². The summed E-state index contributed by atoms with van der Waals surface area (Å²) in [5.74, 6) is 0.596. The van der Waals surface area contributed by atoms with Gasteiger partial charge >= 0.3 is 0 Å². The normalized spacial score (nSPS) is 12.2. The number of carbonyl (C=O) groups excluding carboxylic acids is 1. The number of methoxy groups -OCH3 is 1. The van der Waals surface area contributed by atoms with Crippen LogP contribution < -0.4 is 14.8 Å². The standard InChI is InChI=1S/C22H24N2O6S2/c1-4-32(26,27)19-10-8-17(9-11-19)30-18-7-5-6-16(12-18)21(25)24-22-23-13-20(31-22)29-15(2)14-28-3/h5-13,15H,4,14H2,1-3H3,(H,23,24,25)/t15-/m0/s1. The second-order valence-corrected chi connectivity index (χ2v) is 10.1. The summed E-state index contributed by atoms with van der Waals surface area (Å²) in [7, 11) is -1.67. The summed E-state index contributed by atoms with van der Waals surface area (Å²) >= 11 is 1.22. The molecule has 0 saturated heterocycles. The molecule has 1 amide bonds. The van der Waals surface area contributed by atoms with Crippen LogP contribution in [0.1, 0.15) is 24.2 Å². The van der Waals surface area contributed by atoms with Gasteiger partial charge in [0.2, 0.25) is 0 Å². The smallest absolute Gasteiger partial charge is 0.257 e. The van der Waals surface area contributed by atoms with Crippen LogP contribution in [0.3, 0.4) is 0 Å². The average Bonchev–Trinajstić information content (AvgIpc) is 3.21. The average molecular weight is 477 g/mol. The predicted octanol–water partition coefficient (Wildman–Crippen LogP) is 4.40. The summed E-state index contributed by atoms with van der Waals surface area (Å²) in [6.07, 6.45) is 1.42. The fourth-order valence-corrected chi connectivity index (χ4v) is 4.37. The highest BCUT2D eigenvalue weighted by Crippen LogP contribution is 2.28. The van der Waals surface area contributed by atoms with Crippen LogP contribution in [0.2, 0.25) is 0 Å². The monoisotopic (exact) mass is 476 g/mol. The molecule has 3 aromatic rings. The molecule has 1 aromatic heterocycles. The van der Waals surface area contributed by atoms with E-state index >= 15 is 0 Å². The van der Waals surface area contributed by atoms with E-state index in [2.05, 4.69) is 10.3 Å². The third-order valence-corrected chi connectivity index (χ3v) is 6.87. The Labute approximate surface area is 191 Å². The molecule has 0 radical (unpaired) electrons. The number of rotatable bonds is 10. The summed E-state index contributed by atoms with van der Waals surface area (Å²) in [4.78, 5) is 17.0. The highest BCUT2D eigenvalue weighted by Gasteiger charge is 2.14. The van der Waals surface area contributed by atoms with Gasteiger partial charge in [0.1, 0.15) is 17.6 Å². The zero-order chi connectivity index (χ0) is 23.1. The Hall–Kier alpha value is -2.95. The van der Waals surface area contributed by atoms with Crippen LogP contribution in [0.4, 0.5) is 5.13 Å². The van der Waals surface area contributed by atoms with E-state index in [-0.39, 0.29) is 22.7 Å². The number of hydrogen-bond acceptors (Lipinski definition) is 8. The Kier molecular flexibility index (Phi) is 7.84. The fraction of sp³-hybridized carbons (Fsp3) is 0.273. The molecular weight excluding hydrogens is 452 g/mol. The van der Waals surface area contributed by atoms with Crippen molar-refractivity contribution in [2.45, 2.75) is 24.8 Å². The molecular formula is C22H24N2O6S2. The third kappa shape index (κ3) is 6.28. The lowest BCUT2D eigenvalue weighted by Crippen LogP contribution is -2.17. The molecule has 2 aromatic carbocycles. The maximum Gasteiger partial charge on any atom is 0.257 e. The number of carbonyl (C=O) groups is 1. The number of amides is 1. The second kappa shape index (κ2) is 10.6. The molecule has 1 N–H and O–H groups in total. The van der Waals surface area contributed by atoms with Gasteiger partial charge < -0.3 is 14.2 Å². The van der Waals surface area contributed by atoms with Gasteiger partial charge in [0.05, 0.1) is 23.5 Å². The molecule has 0 saturated carbocycles. The summed E-state index contributed by atoms with van der Waals surface area (Å²) in [5.41, 5.74) is 0.387. The first-order chi connectivity index (χ1) is 15.3. The van der Waals surface area contributed by atoms with Crippen LogP contribution in [0.25, 0.3) is 0 Å². The largest absolute Gasteiger partial charge is 0.477 e. The number of thiazole rings is 1. The molecule has 0 bridgehead atoms. The van der Waals surface area contributed by atoms with Crippen molar-refractivity contribution in [1.29, 1.82) is 0 Å². The van der Waals surface area contributed by atoms with Crippen molar-refractivity contribution in [3.8, 4) is 16.6 Å². The number of benzene rings is 2. The van der Waals surface area contributed by atoms with E-state index in [1.807, 2.05) is 6.92 Å². The first kappa shape index (κ1) is 23.7. The Balaban J connectivity index is 1.64. The minimum Gasteiger partial charge on any atom is -0.477 e. The second-order valence-electron chi connectivity index (χ2n) is 6.83. The van der Waals surface area contributed by atoms with E-state index in [0.717, 1.165) is 0 Å². The van der Waals surface area contributed by atoms with Crippen LogP contribution in [0.5, 0.6) is 16.6 Å². The maximum absolute atomic E-state index is 12.6. The van der Waals surface area contributed by atoms with Crippen LogP contribution in [0, 0.1) is 0 Å². The Morgan fingerprint density at radius 1 is 1.16 bits per heavy atom. The molecule has 0 aliphatic heterocycles. The van der Waals surface area contributed by atoms with Crippen LogP contribution >= 0.6 is 11.3 Å². The zero-order valence-electron chi connectivity index (χ0n) is 17.9. The SMILES string of the molecule is CCS(=O)(=O)c1ccc(Oc2cccc(C(=O)Nc3ncc(O[C@@H](C)COC)s3)c2)cc1. The van der Waals surface area contributed by atoms with Crippen molar-refractivity contribution < 1.29 is 27.4 Å². The first-order valence-electron chi connectivity index (χ1n) is 9.84. The Morgan fingerprint density at radius 3 is 2.59 bits per heavy atom. The summed E-state index contributed by atoms with van der Waals surface area (Å²) in [5, 5.41) is 3.73. The Morgan fingerprint density at radius 2 is 1.91 bits per heavy atom. The maximum atomic E-state index is 12.6. The highest BCUT2D eigenvalue weighted by atomic mass is 32.2. The molecule has 3 rings (SSSR count). The number of sulfone groups is 1. The van der Waals surface area contributed by atoms with E-state index in [1.165, 1.54) is 23.5 Å². The van der Waals surface area contributed by atoms with Crippen molar-refractivity contribution in [2.24, 2.45) is 0 Å². The molecule has 32 heavy (non-hydrogen) atoms. The van der Waals surface area contributed by atoms with Gasteiger partial charge in [0.15, 0.2) is 20.0 Å². The number of nitrogens with one attached hydrogen (secondary N) is 1. The van der Waals surface area contributed by atoms with E-state index in [4.69, 9.17) is 14.2 Å². The zero-order valence-corrected chi connectivity index (χ0v) is 19.5. The lowest BCUT2D eigenvalue weighted by atomic mass is 10.2. The topological polar surface area (TPSA) is 104 Å². The fourth-order valence-electron chi connectivity index (χ4n) is 2.73. The van der Waals surface area contributed by atoms with E-state index in [1.54, 1.807) is 56.6 Å². The van der Waals surface area contributed by atoms with Gasteiger partial charge in [0, 0.05) is 12.7 Å². The van der Waals surface area contributed by atoms with Gasteiger partial charge in [0.25, 0.3) is 5.91 Å². The van der Waals surface area contributed by atoms with Gasteiger partial charge in [-0.1, -0.05) is 24.3 Å². The molecule has 10 heteroatoms. The van der Waals surface area contributed by atoms with E-state index in [0.29, 0.717) is 33.9 Å². The van der Waals surface area contributed by atoms with E-state index < -0.39 is 9.84 Å². The third-order valence-electron chi connectivity index (χ3n) is 4.32. The van der Waals surface area contributed by atoms with Crippen LogP contribution in [-0.2, 0) is 14.6 Å². The molecule has 1 heterocycles. The molecule has 0 fully saturated rings. The van der Waals surface area contributed by atoms with Gasteiger partial charge in [-0.25, -0.2) is 13.4 Å². The molecule has 8 nitrogen and oxygen atoms in total. The summed E-state index contributed by atoms with van der Waals surface area (Å²) in [6.45, 7) is 3.92. The molecule has 0 spiro atoms. The summed E-state index contributed by atoms with van der Waals surface area (Å²) < 4.78 is 40.3. The minimum atomic E-state index is -3.27. The lowest BCUT2D eigenvalue weighted by molar-refractivity contribution is 0.0944. The molecule has 0 unspecified atom stereocenters. The van der Waals surface area contributed by atoms with Gasteiger partial charge in [-0.3, -0.25) is 10.1 Å². The highest BCUT2D eigenvalue weighted by molar-refractivity contribution is 7.91. The van der Waals surface area contributed by atoms with E-state index in [9.17, 15) is 13.2 Å². The van der Waals surface area contributed by atoms with Crippen molar-refractivity contribution in [1.82, 2.24) is 4.98 Å². The molecule has 0 aliphatic rings. The van der Waals surface area contributed by atoms with Crippen LogP contribution in [-0.4, -0.2) is 44.9 Å². The quantitative estimate of drug-likeness (QED) is 0.463. The van der Waals surface area contributed by atoms with Gasteiger partial charge in [-0.15, -0.1) is 0 Å². The van der Waals surface area contributed by atoms with Crippen molar-refractivity contribution in [3.63, 3.8) is 0 Å². The number of ether oxygens (including phenoxy) is 3. The number of aromatic nitrogens is 1. The number of anilines is 1. The van der Waals surface area contributed by atoms with Crippen LogP contribution in [0.15, 0.2) is 59.6 Å². The predicted molar refractivity (Wildman–Crippen MR) is 123 cm³/mol. The minimum absolute atomic E-state index is 0.0310.